The van der Waals surface area contributed by atoms with Crippen LogP contribution in [-0.4, -0.2) is 38.0 Å². The lowest BCUT2D eigenvalue weighted by Gasteiger charge is -2.33. The molecular weight excluding hydrogens is 386 g/mol. The van der Waals surface area contributed by atoms with Gasteiger partial charge in [-0.3, -0.25) is 9.69 Å². The molecule has 1 fully saturated rings. The Morgan fingerprint density at radius 1 is 0.968 bits per heavy atom. The van der Waals surface area contributed by atoms with E-state index in [2.05, 4.69) is 41.3 Å². The molecule has 0 aromatic heterocycles. The first-order valence-electron chi connectivity index (χ1n) is 11.2. The van der Waals surface area contributed by atoms with Gasteiger partial charge in [-0.05, 0) is 55.5 Å². The number of ketones is 1. The molecule has 0 N–H and O–H groups in total. The number of piperidine rings is 1. The Morgan fingerprint density at radius 2 is 1.74 bits per heavy atom. The van der Waals surface area contributed by atoms with Gasteiger partial charge >= 0.3 is 0 Å². The number of likely N-dealkylation sites (tertiary alicyclic amines) is 1. The fraction of sp³-hybridized carbons (Fsp3) is 0.370. The summed E-state index contributed by atoms with van der Waals surface area (Å²) in [5.74, 6) is 2.10. The highest BCUT2D eigenvalue weighted by Gasteiger charge is 2.36. The Kier molecular flexibility index (Phi) is 5.41. The smallest absolute Gasteiger partial charge is 0.171 e. The largest absolute Gasteiger partial charge is 0.493 e. The standard InChI is InChI=1S/C27H29NO3/c1-30-24-16-23-25-20(9-6-10-21(25)27(24)31-2)22(26(23)29)15-18-11-13-28(14-12-18)17-19-7-4-3-5-8-19/h3-10,16,18,22H,11-15,17H2,1-2H3. The van der Waals surface area contributed by atoms with Crippen LogP contribution in [0.1, 0.15) is 46.7 Å². The van der Waals surface area contributed by atoms with Crippen LogP contribution in [0.15, 0.2) is 54.6 Å². The highest BCUT2D eigenvalue weighted by molar-refractivity contribution is 6.19. The number of rotatable bonds is 6. The van der Waals surface area contributed by atoms with Gasteiger partial charge in [-0.2, -0.15) is 0 Å². The van der Waals surface area contributed by atoms with Crippen LogP contribution in [-0.2, 0) is 6.54 Å². The predicted molar refractivity (Wildman–Crippen MR) is 123 cm³/mol. The molecule has 1 aliphatic heterocycles. The normalized spacial score (nSPS) is 19.2. The molecule has 4 nitrogen and oxygen atoms in total. The first-order chi connectivity index (χ1) is 15.2. The summed E-state index contributed by atoms with van der Waals surface area (Å²) in [4.78, 5) is 16.0. The fourth-order valence-electron chi connectivity index (χ4n) is 5.43. The number of nitrogens with zero attached hydrogens (tertiary/aromatic N) is 1. The molecule has 0 bridgehead atoms. The molecule has 3 aromatic carbocycles. The van der Waals surface area contributed by atoms with Gasteiger partial charge in [0.15, 0.2) is 17.3 Å². The van der Waals surface area contributed by atoms with E-state index in [0.29, 0.717) is 17.4 Å². The third kappa shape index (κ3) is 3.59. The van der Waals surface area contributed by atoms with Crippen molar-refractivity contribution in [3.05, 3.63) is 71.3 Å². The average Bonchev–Trinajstić information content (AvgIpc) is 3.08. The number of methoxy groups -OCH3 is 2. The monoisotopic (exact) mass is 415 g/mol. The van der Waals surface area contributed by atoms with Crippen LogP contribution in [0.4, 0.5) is 0 Å². The summed E-state index contributed by atoms with van der Waals surface area (Å²) < 4.78 is 11.1. The minimum atomic E-state index is -0.0545. The molecule has 1 unspecified atom stereocenters. The number of carbonyl (C=O) groups excluding carboxylic acids is 1. The van der Waals surface area contributed by atoms with Crippen molar-refractivity contribution < 1.29 is 14.3 Å². The third-order valence-electron chi connectivity index (χ3n) is 7.02. The van der Waals surface area contributed by atoms with Crippen molar-refractivity contribution in [3.8, 4) is 11.5 Å². The van der Waals surface area contributed by atoms with Gasteiger partial charge in [0, 0.05) is 28.8 Å². The van der Waals surface area contributed by atoms with Crippen LogP contribution in [0.3, 0.4) is 0 Å². The second kappa shape index (κ2) is 8.35. The fourth-order valence-corrected chi connectivity index (χ4v) is 5.43. The molecule has 1 heterocycles. The number of hydrogen-bond acceptors (Lipinski definition) is 4. The maximum Gasteiger partial charge on any atom is 0.171 e. The molecule has 0 radical (unpaired) electrons. The van der Waals surface area contributed by atoms with Gasteiger partial charge in [0.2, 0.25) is 0 Å². The van der Waals surface area contributed by atoms with E-state index in [9.17, 15) is 4.79 Å². The maximum absolute atomic E-state index is 13.4. The van der Waals surface area contributed by atoms with Crippen molar-refractivity contribution in [1.82, 2.24) is 4.90 Å². The van der Waals surface area contributed by atoms with Crippen LogP contribution in [0.2, 0.25) is 0 Å². The number of benzene rings is 3. The molecule has 160 valence electrons. The molecule has 31 heavy (non-hydrogen) atoms. The summed E-state index contributed by atoms with van der Waals surface area (Å²) in [6.07, 6.45) is 3.22. The number of ether oxygens (including phenoxy) is 2. The quantitative estimate of drug-likeness (QED) is 0.537. The lowest BCUT2D eigenvalue weighted by atomic mass is 9.83. The second-order valence-electron chi connectivity index (χ2n) is 8.79. The Balaban J connectivity index is 1.33. The van der Waals surface area contributed by atoms with E-state index in [-0.39, 0.29) is 11.7 Å². The highest BCUT2D eigenvalue weighted by atomic mass is 16.5. The first kappa shape index (κ1) is 20.1. The number of Topliss-reactive ketones (excluding diaryl/α,β-unsaturated/α-hetero) is 1. The summed E-state index contributed by atoms with van der Waals surface area (Å²) >= 11 is 0. The molecule has 5 rings (SSSR count). The molecule has 3 aromatic rings. The van der Waals surface area contributed by atoms with Crippen molar-refractivity contribution in [2.45, 2.75) is 31.7 Å². The molecule has 4 heteroatoms. The van der Waals surface area contributed by atoms with E-state index in [1.165, 1.54) is 5.56 Å². The number of carbonyl (C=O) groups is 1. The van der Waals surface area contributed by atoms with Gasteiger partial charge in [-0.15, -0.1) is 0 Å². The third-order valence-corrected chi connectivity index (χ3v) is 7.02. The van der Waals surface area contributed by atoms with E-state index in [4.69, 9.17) is 9.47 Å². The van der Waals surface area contributed by atoms with E-state index in [1.807, 2.05) is 18.2 Å². The topological polar surface area (TPSA) is 38.8 Å². The van der Waals surface area contributed by atoms with Crippen molar-refractivity contribution in [2.24, 2.45) is 5.92 Å². The van der Waals surface area contributed by atoms with Crippen LogP contribution in [0.25, 0.3) is 10.8 Å². The van der Waals surface area contributed by atoms with Gasteiger partial charge in [-0.25, -0.2) is 0 Å². The maximum atomic E-state index is 13.4. The van der Waals surface area contributed by atoms with Crippen LogP contribution < -0.4 is 9.47 Å². The Morgan fingerprint density at radius 3 is 2.45 bits per heavy atom. The van der Waals surface area contributed by atoms with Gasteiger partial charge in [-0.1, -0.05) is 48.5 Å². The molecule has 1 saturated heterocycles. The summed E-state index contributed by atoms with van der Waals surface area (Å²) in [7, 11) is 3.28. The van der Waals surface area contributed by atoms with E-state index >= 15 is 0 Å². The van der Waals surface area contributed by atoms with Gasteiger partial charge < -0.3 is 9.47 Å². The molecule has 0 amide bonds. The summed E-state index contributed by atoms with van der Waals surface area (Å²) in [5, 5.41) is 2.03. The van der Waals surface area contributed by atoms with Gasteiger partial charge in [0.25, 0.3) is 0 Å². The van der Waals surface area contributed by atoms with E-state index in [1.54, 1.807) is 14.2 Å². The molecule has 2 aliphatic rings. The Hall–Kier alpha value is -2.85. The molecule has 1 atom stereocenters. The van der Waals surface area contributed by atoms with Gasteiger partial charge in [0.1, 0.15) is 0 Å². The van der Waals surface area contributed by atoms with Crippen molar-refractivity contribution in [2.75, 3.05) is 27.3 Å². The lowest BCUT2D eigenvalue weighted by Crippen LogP contribution is -2.34. The molecule has 0 saturated carbocycles. The zero-order valence-corrected chi connectivity index (χ0v) is 18.3. The summed E-state index contributed by atoms with van der Waals surface area (Å²) in [6.45, 7) is 3.21. The number of hydrogen-bond donors (Lipinski definition) is 0. The van der Waals surface area contributed by atoms with Crippen molar-refractivity contribution >= 4 is 16.6 Å². The van der Waals surface area contributed by atoms with Crippen molar-refractivity contribution in [3.63, 3.8) is 0 Å². The zero-order valence-electron chi connectivity index (χ0n) is 18.3. The zero-order chi connectivity index (χ0) is 21.4. The molecule has 0 spiro atoms. The molecule has 1 aliphatic carbocycles. The summed E-state index contributed by atoms with van der Waals surface area (Å²) in [5.41, 5.74) is 3.32. The Labute approximate surface area is 183 Å². The van der Waals surface area contributed by atoms with Crippen molar-refractivity contribution in [1.29, 1.82) is 0 Å². The van der Waals surface area contributed by atoms with E-state index in [0.717, 1.165) is 60.8 Å². The average molecular weight is 416 g/mol. The summed E-state index contributed by atoms with van der Waals surface area (Å²) in [6, 6.07) is 18.7. The SMILES string of the molecule is COc1cc2c3c(cccc3c1OC)C(CC1CCN(Cc3ccccc3)CC1)C2=O. The lowest BCUT2D eigenvalue weighted by molar-refractivity contribution is 0.0939. The van der Waals surface area contributed by atoms with Crippen LogP contribution >= 0.6 is 0 Å². The Bertz CT molecular complexity index is 1100. The van der Waals surface area contributed by atoms with E-state index < -0.39 is 0 Å². The highest BCUT2D eigenvalue weighted by Crippen LogP contribution is 2.48. The first-order valence-corrected chi connectivity index (χ1v) is 11.2. The predicted octanol–water partition coefficient (Wildman–Crippen LogP) is 5.44. The minimum absolute atomic E-state index is 0.0545. The second-order valence-corrected chi connectivity index (χ2v) is 8.79. The minimum Gasteiger partial charge on any atom is -0.493 e. The van der Waals surface area contributed by atoms with Crippen LogP contribution in [0, 0.1) is 5.92 Å². The molecular formula is C27H29NO3. The van der Waals surface area contributed by atoms with Gasteiger partial charge in [0.05, 0.1) is 14.2 Å². The van der Waals surface area contributed by atoms with Crippen LogP contribution in [0.5, 0.6) is 11.5 Å².